The molecule has 1 atom stereocenters. The maximum atomic E-state index is 12.1. The Labute approximate surface area is 146 Å². The number of para-hydroxylation sites is 2. The number of carbonyl (C=O) groups excluding carboxylic acids is 2. The van der Waals surface area contributed by atoms with Gasteiger partial charge in [-0.3, -0.25) is 9.59 Å². The zero-order valence-corrected chi connectivity index (χ0v) is 14.0. The molecule has 25 heavy (non-hydrogen) atoms. The van der Waals surface area contributed by atoms with Crippen LogP contribution in [0.1, 0.15) is 15.9 Å². The van der Waals surface area contributed by atoms with Gasteiger partial charge in [0.1, 0.15) is 12.7 Å². The van der Waals surface area contributed by atoms with Crippen LogP contribution in [0.15, 0.2) is 48.5 Å². The van der Waals surface area contributed by atoms with Gasteiger partial charge in [-0.25, -0.2) is 0 Å². The molecule has 1 aliphatic rings. The van der Waals surface area contributed by atoms with Crippen LogP contribution in [0.25, 0.3) is 0 Å². The molecule has 0 aromatic heterocycles. The Kier molecular flexibility index (Phi) is 5.18. The Bertz CT molecular complexity index is 776. The summed E-state index contributed by atoms with van der Waals surface area (Å²) in [7, 11) is 0. The van der Waals surface area contributed by atoms with E-state index in [-0.39, 0.29) is 24.5 Å². The summed E-state index contributed by atoms with van der Waals surface area (Å²) in [5, 5.41) is 5.37. The summed E-state index contributed by atoms with van der Waals surface area (Å²) < 4.78 is 11.4. The molecule has 6 heteroatoms. The summed E-state index contributed by atoms with van der Waals surface area (Å²) in [6, 6.07) is 14.6. The van der Waals surface area contributed by atoms with Crippen LogP contribution in [0.3, 0.4) is 0 Å². The first-order valence-corrected chi connectivity index (χ1v) is 8.12. The number of hydrogen-bond donors (Lipinski definition) is 2. The third kappa shape index (κ3) is 4.29. The lowest BCUT2D eigenvalue weighted by Crippen LogP contribution is -2.44. The van der Waals surface area contributed by atoms with Crippen molar-refractivity contribution in [2.45, 2.75) is 13.0 Å². The summed E-state index contributed by atoms with van der Waals surface area (Å²) in [6.07, 6.45) is -0.258. The molecule has 0 saturated heterocycles. The van der Waals surface area contributed by atoms with E-state index < -0.39 is 0 Å². The molecule has 0 fully saturated rings. The van der Waals surface area contributed by atoms with Crippen molar-refractivity contribution >= 4 is 11.8 Å². The molecule has 0 spiro atoms. The van der Waals surface area contributed by atoms with Crippen molar-refractivity contribution in [2.24, 2.45) is 0 Å². The second-order valence-corrected chi connectivity index (χ2v) is 5.80. The van der Waals surface area contributed by atoms with Crippen molar-refractivity contribution < 1.29 is 19.1 Å². The van der Waals surface area contributed by atoms with Gasteiger partial charge in [0.15, 0.2) is 11.5 Å². The summed E-state index contributed by atoms with van der Waals surface area (Å²) in [4.78, 5) is 24.0. The molecule has 2 N–H and O–H groups in total. The van der Waals surface area contributed by atoms with E-state index in [9.17, 15) is 9.59 Å². The molecule has 1 unspecified atom stereocenters. The average Bonchev–Trinajstić information content (AvgIpc) is 2.64. The van der Waals surface area contributed by atoms with Crippen molar-refractivity contribution in [3.63, 3.8) is 0 Å². The summed E-state index contributed by atoms with van der Waals surface area (Å²) in [6.45, 7) is 2.45. The fourth-order valence-corrected chi connectivity index (χ4v) is 2.54. The van der Waals surface area contributed by atoms with Gasteiger partial charge in [0, 0.05) is 5.56 Å². The third-order valence-corrected chi connectivity index (χ3v) is 3.89. The fourth-order valence-electron chi connectivity index (χ4n) is 2.54. The largest absolute Gasteiger partial charge is 0.486 e. The molecule has 2 aromatic carbocycles. The molecule has 6 nitrogen and oxygen atoms in total. The molecule has 1 heterocycles. The quantitative estimate of drug-likeness (QED) is 0.868. The van der Waals surface area contributed by atoms with E-state index in [1.807, 2.05) is 43.3 Å². The van der Waals surface area contributed by atoms with Gasteiger partial charge in [-0.2, -0.15) is 0 Å². The van der Waals surface area contributed by atoms with Crippen LogP contribution >= 0.6 is 0 Å². The normalized spacial score (nSPS) is 15.3. The van der Waals surface area contributed by atoms with Crippen LogP contribution in [0.5, 0.6) is 11.5 Å². The summed E-state index contributed by atoms with van der Waals surface area (Å²) >= 11 is 0. The molecule has 0 aliphatic carbocycles. The van der Waals surface area contributed by atoms with Gasteiger partial charge in [-0.1, -0.05) is 30.3 Å². The number of nitrogens with one attached hydrogen (secondary N) is 2. The van der Waals surface area contributed by atoms with E-state index in [2.05, 4.69) is 10.6 Å². The summed E-state index contributed by atoms with van der Waals surface area (Å²) in [5.74, 6) is 0.834. The number of hydrogen-bond acceptors (Lipinski definition) is 4. The SMILES string of the molecule is Cc1ccccc1C(=O)NCC(=O)NCC1COc2ccccc2O1. The minimum absolute atomic E-state index is 0.0860. The topological polar surface area (TPSA) is 76.7 Å². The van der Waals surface area contributed by atoms with E-state index in [1.54, 1.807) is 12.1 Å². The van der Waals surface area contributed by atoms with Crippen molar-refractivity contribution in [2.75, 3.05) is 19.7 Å². The minimum atomic E-state index is -0.274. The number of aryl methyl sites for hydroxylation is 1. The van der Waals surface area contributed by atoms with Crippen molar-refractivity contribution in [3.05, 3.63) is 59.7 Å². The van der Waals surface area contributed by atoms with Gasteiger partial charge in [0.2, 0.25) is 5.91 Å². The zero-order chi connectivity index (χ0) is 17.6. The molecular weight excluding hydrogens is 320 g/mol. The first kappa shape index (κ1) is 16.8. The highest BCUT2D eigenvalue weighted by Crippen LogP contribution is 2.30. The zero-order valence-electron chi connectivity index (χ0n) is 14.0. The van der Waals surface area contributed by atoms with Crippen molar-refractivity contribution in [1.29, 1.82) is 0 Å². The molecule has 0 saturated carbocycles. The molecule has 130 valence electrons. The van der Waals surface area contributed by atoms with Crippen molar-refractivity contribution in [3.8, 4) is 11.5 Å². The Morgan fingerprint density at radius 3 is 2.56 bits per heavy atom. The first-order chi connectivity index (χ1) is 12.1. The van der Waals surface area contributed by atoms with Crippen LogP contribution in [0.2, 0.25) is 0 Å². The van der Waals surface area contributed by atoms with Crippen LogP contribution in [-0.2, 0) is 4.79 Å². The molecule has 2 amide bonds. The highest BCUT2D eigenvalue weighted by molar-refractivity contribution is 5.97. The lowest BCUT2D eigenvalue weighted by atomic mass is 10.1. The molecule has 2 aromatic rings. The maximum Gasteiger partial charge on any atom is 0.251 e. The summed E-state index contributed by atoms with van der Waals surface area (Å²) in [5.41, 5.74) is 1.43. The standard InChI is InChI=1S/C19H20N2O4/c1-13-6-2-3-7-15(13)19(23)21-11-18(22)20-10-14-12-24-16-8-4-5-9-17(16)25-14/h2-9,14H,10-12H2,1H3,(H,20,22)(H,21,23). The Hall–Kier alpha value is -3.02. The predicted molar refractivity (Wildman–Crippen MR) is 92.9 cm³/mol. The number of rotatable bonds is 5. The minimum Gasteiger partial charge on any atom is -0.486 e. The van der Waals surface area contributed by atoms with Gasteiger partial charge in [0.25, 0.3) is 5.91 Å². The predicted octanol–water partition coefficient (Wildman–Crippen LogP) is 1.68. The van der Waals surface area contributed by atoms with Crippen LogP contribution in [0, 0.1) is 6.92 Å². The Morgan fingerprint density at radius 2 is 1.76 bits per heavy atom. The van der Waals surface area contributed by atoms with E-state index >= 15 is 0 Å². The highest BCUT2D eigenvalue weighted by Gasteiger charge is 2.21. The van der Waals surface area contributed by atoms with Gasteiger partial charge < -0.3 is 20.1 Å². The van der Waals surface area contributed by atoms with Crippen LogP contribution < -0.4 is 20.1 Å². The van der Waals surface area contributed by atoms with Crippen LogP contribution in [-0.4, -0.2) is 37.6 Å². The van der Waals surface area contributed by atoms with Gasteiger partial charge >= 0.3 is 0 Å². The molecule has 0 bridgehead atoms. The number of carbonyl (C=O) groups is 2. The lowest BCUT2D eigenvalue weighted by Gasteiger charge is -2.26. The van der Waals surface area contributed by atoms with Gasteiger partial charge in [-0.15, -0.1) is 0 Å². The number of amides is 2. The van der Waals surface area contributed by atoms with E-state index in [1.165, 1.54) is 0 Å². The number of benzene rings is 2. The molecule has 3 rings (SSSR count). The molecular formula is C19H20N2O4. The molecule has 0 radical (unpaired) electrons. The lowest BCUT2D eigenvalue weighted by molar-refractivity contribution is -0.120. The first-order valence-electron chi connectivity index (χ1n) is 8.12. The number of ether oxygens (including phenoxy) is 2. The third-order valence-electron chi connectivity index (χ3n) is 3.89. The monoisotopic (exact) mass is 340 g/mol. The van der Waals surface area contributed by atoms with E-state index in [0.29, 0.717) is 30.2 Å². The molecule has 1 aliphatic heterocycles. The second-order valence-electron chi connectivity index (χ2n) is 5.80. The van der Waals surface area contributed by atoms with Gasteiger partial charge in [-0.05, 0) is 30.7 Å². The van der Waals surface area contributed by atoms with E-state index in [0.717, 1.165) is 5.56 Å². The average molecular weight is 340 g/mol. The second kappa shape index (κ2) is 7.70. The van der Waals surface area contributed by atoms with Crippen molar-refractivity contribution in [1.82, 2.24) is 10.6 Å². The smallest absolute Gasteiger partial charge is 0.251 e. The van der Waals surface area contributed by atoms with Crippen LogP contribution in [0.4, 0.5) is 0 Å². The van der Waals surface area contributed by atoms with Gasteiger partial charge in [0.05, 0.1) is 13.1 Å². The Morgan fingerprint density at radius 1 is 1.04 bits per heavy atom. The maximum absolute atomic E-state index is 12.1. The van der Waals surface area contributed by atoms with E-state index in [4.69, 9.17) is 9.47 Å². The number of fused-ring (bicyclic) bond motifs is 1. The fraction of sp³-hybridized carbons (Fsp3) is 0.263. The Balaban J connectivity index is 1.43. The highest BCUT2D eigenvalue weighted by atomic mass is 16.6.